The van der Waals surface area contributed by atoms with Crippen molar-refractivity contribution < 1.29 is 4.74 Å². The van der Waals surface area contributed by atoms with Crippen LogP contribution in [0, 0.1) is 5.41 Å². The van der Waals surface area contributed by atoms with Gasteiger partial charge in [0.1, 0.15) is 0 Å². The molecule has 0 atom stereocenters. The standard InChI is InChI=1S/C18H35N3O/c1-16(2,3)20-10-8-19(9-11-20)7-6-17(4,5)21-12-18(13-21)14-22-15-18/h6-15H2,1-5H3. The van der Waals surface area contributed by atoms with E-state index in [0.29, 0.717) is 16.5 Å². The molecule has 0 aromatic rings. The van der Waals surface area contributed by atoms with Crippen LogP contribution in [0.5, 0.6) is 0 Å². The molecule has 0 amide bonds. The third kappa shape index (κ3) is 3.35. The van der Waals surface area contributed by atoms with E-state index in [-0.39, 0.29) is 0 Å². The molecule has 0 radical (unpaired) electrons. The molecule has 3 aliphatic heterocycles. The normalized spacial score (nSPS) is 27.7. The van der Waals surface area contributed by atoms with Crippen LogP contribution >= 0.6 is 0 Å². The Kier molecular flexibility index (Phi) is 4.35. The molecule has 3 saturated heterocycles. The van der Waals surface area contributed by atoms with Crippen LogP contribution in [-0.2, 0) is 4.74 Å². The van der Waals surface area contributed by atoms with Gasteiger partial charge in [0.2, 0.25) is 0 Å². The molecule has 0 aliphatic carbocycles. The van der Waals surface area contributed by atoms with E-state index < -0.39 is 0 Å². The van der Waals surface area contributed by atoms with Crippen LogP contribution in [-0.4, -0.2) is 84.8 Å². The van der Waals surface area contributed by atoms with E-state index in [1.165, 1.54) is 52.2 Å². The molecule has 4 heteroatoms. The summed E-state index contributed by atoms with van der Waals surface area (Å²) >= 11 is 0. The Balaban J connectivity index is 1.39. The second-order valence-electron chi connectivity index (χ2n) is 9.41. The second kappa shape index (κ2) is 5.73. The fourth-order valence-corrected chi connectivity index (χ4v) is 4.00. The van der Waals surface area contributed by atoms with E-state index in [2.05, 4.69) is 49.3 Å². The molecule has 3 aliphatic rings. The molecule has 0 unspecified atom stereocenters. The van der Waals surface area contributed by atoms with Crippen molar-refractivity contribution in [2.45, 2.75) is 52.1 Å². The van der Waals surface area contributed by atoms with Gasteiger partial charge in [0.15, 0.2) is 0 Å². The van der Waals surface area contributed by atoms with E-state index in [1.54, 1.807) is 0 Å². The van der Waals surface area contributed by atoms with Gasteiger partial charge in [-0.15, -0.1) is 0 Å². The lowest BCUT2D eigenvalue weighted by molar-refractivity contribution is -0.210. The SMILES string of the molecule is CC(C)(C)N1CCN(CCC(C)(C)N2CC3(COC3)C2)CC1. The van der Waals surface area contributed by atoms with Gasteiger partial charge >= 0.3 is 0 Å². The first-order valence-electron chi connectivity index (χ1n) is 9.01. The van der Waals surface area contributed by atoms with E-state index in [0.717, 1.165) is 13.2 Å². The van der Waals surface area contributed by atoms with Gasteiger partial charge in [-0.05, 0) is 47.6 Å². The Morgan fingerprint density at radius 3 is 1.91 bits per heavy atom. The monoisotopic (exact) mass is 309 g/mol. The number of nitrogens with zero attached hydrogens (tertiary/aromatic N) is 3. The summed E-state index contributed by atoms with van der Waals surface area (Å²) < 4.78 is 5.39. The van der Waals surface area contributed by atoms with Crippen molar-refractivity contribution in [3.05, 3.63) is 0 Å². The largest absolute Gasteiger partial charge is 0.380 e. The van der Waals surface area contributed by atoms with Gasteiger partial charge in [0.05, 0.1) is 13.2 Å². The van der Waals surface area contributed by atoms with Crippen molar-refractivity contribution in [1.29, 1.82) is 0 Å². The van der Waals surface area contributed by atoms with Gasteiger partial charge in [-0.3, -0.25) is 9.80 Å². The highest BCUT2D eigenvalue weighted by molar-refractivity contribution is 5.04. The number of hydrogen-bond donors (Lipinski definition) is 0. The zero-order chi connectivity index (χ0) is 16.0. The molecule has 0 aromatic heterocycles. The topological polar surface area (TPSA) is 19.0 Å². The molecular weight excluding hydrogens is 274 g/mol. The maximum absolute atomic E-state index is 5.39. The smallest absolute Gasteiger partial charge is 0.0569 e. The first-order chi connectivity index (χ1) is 10.2. The van der Waals surface area contributed by atoms with Crippen LogP contribution in [0.3, 0.4) is 0 Å². The minimum absolute atomic E-state index is 0.322. The van der Waals surface area contributed by atoms with E-state index in [9.17, 15) is 0 Å². The van der Waals surface area contributed by atoms with Crippen LogP contribution in [0.1, 0.15) is 41.0 Å². The van der Waals surface area contributed by atoms with Crippen LogP contribution in [0.25, 0.3) is 0 Å². The third-order valence-corrected chi connectivity index (χ3v) is 6.09. The highest BCUT2D eigenvalue weighted by Crippen LogP contribution is 2.42. The lowest BCUT2D eigenvalue weighted by atomic mass is 9.74. The first kappa shape index (κ1) is 16.7. The molecule has 22 heavy (non-hydrogen) atoms. The quantitative estimate of drug-likeness (QED) is 0.789. The third-order valence-electron chi connectivity index (χ3n) is 6.09. The summed E-state index contributed by atoms with van der Waals surface area (Å²) in [6, 6.07) is 0. The average Bonchev–Trinajstić information content (AvgIpc) is 2.32. The van der Waals surface area contributed by atoms with E-state index in [1.807, 2.05) is 0 Å². The summed E-state index contributed by atoms with van der Waals surface area (Å²) in [7, 11) is 0. The molecule has 4 nitrogen and oxygen atoms in total. The Morgan fingerprint density at radius 2 is 1.45 bits per heavy atom. The average molecular weight is 309 g/mol. The summed E-state index contributed by atoms with van der Waals surface area (Å²) in [6.45, 7) is 22.4. The predicted octanol–water partition coefficient (Wildman–Crippen LogP) is 1.90. The molecule has 3 heterocycles. The molecule has 0 N–H and O–H groups in total. The molecule has 0 bridgehead atoms. The Labute approximate surface area is 136 Å². The minimum atomic E-state index is 0.322. The summed E-state index contributed by atoms with van der Waals surface area (Å²) in [4.78, 5) is 7.94. The van der Waals surface area contributed by atoms with Crippen molar-refractivity contribution in [2.75, 3.05) is 59.0 Å². The minimum Gasteiger partial charge on any atom is -0.380 e. The summed E-state index contributed by atoms with van der Waals surface area (Å²) in [5.41, 5.74) is 1.19. The number of piperazine rings is 1. The van der Waals surface area contributed by atoms with Crippen LogP contribution < -0.4 is 0 Å². The van der Waals surface area contributed by atoms with E-state index in [4.69, 9.17) is 4.74 Å². The van der Waals surface area contributed by atoms with Crippen molar-refractivity contribution in [3.63, 3.8) is 0 Å². The van der Waals surface area contributed by atoms with Crippen molar-refractivity contribution >= 4 is 0 Å². The number of likely N-dealkylation sites (tertiary alicyclic amines) is 1. The first-order valence-corrected chi connectivity index (χ1v) is 9.01. The number of ether oxygens (including phenoxy) is 1. The fourth-order valence-electron chi connectivity index (χ4n) is 4.00. The fraction of sp³-hybridized carbons (Fsp3) is 1.00. The van der Waals surface area contributed by atoms with Crippen LogP contribution in [0.4, 0.5) is 0 Å². The molecule has 3 fully saturated rings. The maximum Gasteiger partial charge on any atom is 0.0569 e. The zero-order valence-corrected chi connectivity index (χ0v) is 15.3. The van der Waals surface area contributed by atoms with Crippen LogP contribution in [0.15, 0.2) is 0 Å². The van der Waals surface area contributed by atoms with Crippen molar-refractivity contribution in [3.8, 4) is 0 Å². The highest BCUT2D eigenvalue weighted by Gasteiger charge is 2.52. The summed E-state index contributed by atoms with van der Waals surface area (Å²) in [6.07, 6.45) is 1.28. The number of rotatable bonds is 4. The highest BCUT2D eigenvalue weighted by atomic mass is 16.5. The molecular formula is C18H35N3O. The Morgan fingerprint density at radius 1 is 0.864 bits per heavy atom. The number of hydrogen-bond acceptors (Lipinski definition) is 4. The lowest BCUT2D eigenvalue weighted by Gasteiger charge is -2.60. The van der Waals surface area contributed by atoms with Gasteiger partial charge in [-0.1, -0.05) is 0 Å². The van der Waals surface area contributed by atoms with Crippen LogP contribution in [0.2, 0.25) is 0 Å². The summed E-state index contributed by atoms with van der Waals surface area (Å²) in [5, 5.41) is 0. The molecule has 3 rings (SSSR count). The lowest BCUT2D eigenvalue weighted by Crippen LogP contribution is -2.70. The predicted molar refractivity (Wildman–Crippen MR) is 91.3 cm³/mol. The molecule has 1 spiro atoms. The van der Waals surface area contributed by atoms with Gasteiger partial charge in [0.25, 0.3) is 0 Å². The van der Waals surface area contributed by atoms with E-state index >= 15 is 0 Å². The van der Waals surface area contributed by atoms with Crippen molar-refractivity contribution in [2.24, 2.45) is 5.41 Å². The second-order valence-corrected chi connectivity index (χ2v) is 9.41. The molecule has 0 saturated carbocycles. The summed E-state index contributed by atoms with van der Waals surface area (Å²) in [5.74, 6) is 0. The zero-order valence-electron chi connectivity index (χ0n) is 15.3. The molecule has 128 valence electrons. The van der Waals surface area contributed by atoms with Gasteiger partial charge < -0.3 is 9.64 Å². The molecule has 0 aromatic carbocycles. The van der Waals surface area contributed by atoms with Gasteiger partial charge in [-0.2, -0.15) is 0 Å². The Hall–Kier alpha value is -0.160. The van der Waals surface area contributed by atoms with Gasteiger partial charge in [-0.25, -0.2) is 0 Å². The van der Waals surface area contributed by atoms with Gasteiger partial charge in [0, 0.05) is 55.8 Å². The van der Waals surface area contributed by atoms with Crippen molar-refractivity contribution in [1.82, 2.24) is 14.7 Å². The Bertz CT molecular complexity index is 382. The maximum atomic E-state index is 5.39.